The minimum Gasteiger partial charge on any atom is -0.329 e. The van der Waals surface area contributed by atoms with E-state index in [-0.39, 0.29) is 17.7 Å². The molecular weight excluding hydrogens is 330 g/mol. The number of benzene rings is 1. The van der Waals surface area contributed by atoms with Gasteiger partial charge in [0.15, 0.2) is 0 Å². The Balaban J connectivity index is 1.89. The van der Waals surface area contributed by atoms with Crippen LogP contribution in [0, 0.1) is 5.82 Å². The largest absolute Gasteiger partial charge is 0.471 e. The molecule has 3 rings (SSSR count). The molecule has 124 valence electrons. The van der Waals surface area contributed by atoms with Gasteiger partial charge in [0, 0.05) is 12.3 Å². The zero-order valence-electron chi connectivity index (χ0n) is 11.9. The molecule has 0 N–H and O–H groups in total. The first-order valence-corrected chi connectivity index (χ1v) is 6.70. The third-order valence-electron chi connectivity index (χ3n) is 3.19. The number of nitrogens with zero attached hydrogens (tertiary/aromatic N) is 3. The summed E-state index contributed by atoms with van der Waals surface area (Å²) in [6, 6.07) is 8.42. The molecule has 2 aromatic heterocycles. The number of hydrogen-bond donors (Lipinski definition) is 0. The van der Waals surface area contributed by atoms with Crippen molar-refractivity contribution in [3.05, 3.63) is 70.2 Å². The zero-order chi connectivity index (χ0) is 17.3. The van der Waals surface area contributed by atoms with Gasteiger partial charge in [0.05, 0.1) is 12.1 Å². The number of alkyl halides is 3. The van der Waals surface area contributed by atoms with Gasteiger partial charge in [-0.15, -0.1) is 0 Å². The maximum absolute atomic E-state index is 14.2. The average molecular weight is 339 g/mol. The fraction of sp³-hybridized carbons (Fsp3) is 0.133. The van der Waals surface area contributed by atoms with Crippen LogP contribution in [0.4, 0.5) is 17.6 Å². The van der Waals surface area contributed by atoms with Crippen molar-refractivity contribution in [2.45, 2.75) is 12.7 Å². The Morgan fingerprint density at radius 3 is 2.58 bits per heavy atom. The lowest BCUT2D eigenvalue weighted by Crippen LogP contribution is -2.18. The Bertz CT molecular complexity index is 931. The normalized spacial score (nSPS) is 11.7. The molecule has 1 aromatic carbocycles. The third-order valence-corrected chi connectivity index (χ3v) is 3.19. The molecular formula is C15H9F4N3O2. The van der Waals surface area contributed by atoms with E-state index in [1.807, 2.05) is 0 Å². The van der Waals surface area contributed by atoms with Gasteiger partial charge in [-0.1, -0.05) is 17.3 Å². The van der Waals surface area contributed by atoms with Crippen LogP contribution in [-0.2, 0) is 12.7 Å². The highest BCUT2D eigenvalue weighted by Crippen LogP contribution is 2.30. The van der Waals surface area contributed by atoms with E-state index in [1.165, 1.54) is 22.8 Å². The maximum Gasteiger partial charge on any atom is 0.471 e. The van der Waals surface area contributed by atoms with E-state index >= 15 is 0 Å². The summed E-state index contributed by atoms with van der Waals surface area (Å²) >= 11 is 0. The van der Waals surface area contributed by atoms with Crippen LogP contribution >= 0.6 is 0 Å². The van der Waals surface area contributed by atoms with Gasteiger partial charge < -0.3 is 9.09 Å². The van der Waals surface area contributed by atoms with E-state index in [2.05, 4.69) is 14.7 Å². The van der Waals surface area contributed by atoms with E-state index < -0.39 is 23.7 Å². The van der Waals surface area contributed by atoms with E-state index in [9.17, 15) is 22.4 Å². The highest BCUT2D eigenvalue weighted by atomic mass is 19.4. The quantitative estimate of drug-likeness (QED) is 0.688. The third kappa shape index (κ3) is 3.19. The number of rotatable bonds is 3. The van der Waals surface area contributed by atoms with Crippen LogP contribution in [0.15, 0.2) is 51.9 Å². The second-order valence-corrected chi connectivity index (χ2v) is 4.90. The van der Waals surface area contributed by atoms with Crippen molar-refractivity contribution in [2.24, 2.45) is 0 Å². The number of pyridine rings is 1. The van der Waals surface area contributed by atoms with Crippen molar-refractivity contribution in [2.75, 3.05) is 0 Å². The average Bonchev–Trinajstić information content (AvgIpc) is 2.99. The minimum atomic E-state index is -4.80. The summed E-state index contributed by atoms with van der Waals surface area (Å²) in [6.45, 7) is 0.122. The highest BCUT2D eigenvalue weighted by Gasteiger charge is 2.38. The summed E-state index contributed by atoms with van der Waals surface area (Å²) in [5.41, 5.74) is -0.0162. The standard InChI is InChI=1S/C15H9F4N3O2/c16-11-7-9(8-22-6-2-1-3-12(22)23)4-5-10(11)13-20-14(24-21-13)15(17,18)19/h1-7H,8H2. The molecule has 5 nitrogen and oxygen atoms in total. The van der Waals surface area contributed by atoms with Gasteiger partial charge in [0.2, 0.25) is 5.82 Å². The van der Waals surface area contributed by atoms with Crippen molar-refractivity contribution >= 4 is 0 Å². The Morgan fingerprint density at radius 1 is 1.17 bits per heavy atom. The minimum absolute atomic E-state index is 0.122. The van der Waals surface area contributed by atoms with Crippen LogP contribution < -0.4 is 5.56 Å². The van der Waals surface area contributed by atoms with Crippen molar-refractivity contribution in [3.63, 3.8) is 0 Å². The summed E-state index contributed by atoms with van der Waals surface area (Å²) in [4.78, 5) is 14.8. The molecule has 0 radical (unpaired) electrons. The number of hydrogen-bond acceptors (Lipinski definition) is 4. The summed E-state index contributed by atoms with van der Waals surface area (Å²) in [7, 11) is 0. The summed E-state index contributed by atoms with van der Waals surface area (Å²) in [5, 5.41) is 3.14. The Labute approximate surface area is 132 Å². The summed E-state index contributed by atoms with van der Waals surface area (Å²) in [5.74, 6) is -2.86. The van der Waals surface area contributed by atoms with Crippen LogP contribution in [0.25, 0.3) is 11.4 Å². The van der Waals surface area contributed by atoms with Crippen molar-refractivity contribution in [3.8, 4) is 11.4 Å². The van der Waals surface area contributed by atoms with Crippen LogP contribution in [0.1, 0.15) is 11.5 Å². The van der Waals surface area contributed by atoms with E-state index in [4.69, 9.17) is 0 Å². The molecule has 0 atom stereocenters. The van der Waals surface area contributed by atoms with Crippen LogP contribution in [0.5, 0.6) is 0 Å². The molecule has 0 fully saturated rings. The predicted molar refractivity (Wildman–Crippen MR) is 74.5 cm³/mol. The molecule has 0 aliphatic carbocycles. The molecule has 3 aromatic rings. The Kier molecular flexibility index (Phi) is 3.92. The maximum atomic E-state index is 14.2. The lowest BCUT2D eigenvalue weighted by Gasteiger charge is -2.06. The Hall–Kier alpha value is -2.97. The van der Waals surface area contributed by atoms with Crippen molar-refractivity contribution in [1.29, 1.82) is 0 Å². The topological polar surface area (TPSA) is 60.9 Å². The van der Waals surface area contributed by atoms with E-state index in [0.29, 0.717) is 5.56 Å². The molecule has 2 heterocycles. The number of aromatic nitrogens is 3. The van der Waals surface area contributed by atoms with Crippen LogP contribution in [0.3, 0.4) is 0 Å². The van der Waals surface area contributed by atoms with Gasteiger partial charge >= 0.3 is 12.1 Å². The molecule has 0 unspecified atom stereocenters. The van der Waals surface area contributed by atoms with Crippen LogP contribution in [0.2, 0.25) is 0 Å². The van der Waals surface area contributed by atoms with Gasteiger partial charge in [0.25, 0.3) is 5.56 Å². The van der Waals surface area contributed by atoms with Crippen LogP contribution in [-0.4, -0.2) is 14.7 Å². The fourth-order valence-corrected chi connectivity index (χ4v) is 2.07. The zero-order valence-corrected chi connectivity index (χ0v) is 11.9. The number of halogens is 4. The van der Waals surface area contributed by atoms with Crippen molar-refractivity contribution in [1.82, 2.24) is 14.7 Å². The van der Waals surface area contributed by atoms with Gasteiger partial charge in [-0.25, -0.2) is 4.39 Å². The van der Waals surface area contributed by atoms with Gasteiger partial charge in [0.1, 0.15) is 5.82 Å². The molecule has 0 spiro atoms. The molecule has 0 amide bonds. The molecule has 0 aliphatic heterocycles. The summed E-state index contributed by atoms with van der Waals surface area (Å²) < 4.78 is 56.9. The molecule has 0 bridgehead atoms. The van der Waals surface area contributed by atoms with Crippen molar-refractivity contribution < 1.29 is 22.1 Å². The second-order valence-electron chi connectivity index (χ2n) is 4.90. The molecule has 9 heteroatoms. The lowest BCUT2D eigenvalue weighted by molar-refractivity contribution is -0.159. The predicted octanol–water partition coefficient (Wildman–Crippen LogP) is 3.10. The fourth-order valence-electron chi connectivity index (χ4n) is 2.07. The van der Waals surface area contributed by atoms with Gasteiger partial charge in [-0.3, -0.25) is 4.79 Å². The first-order chi connectivity index (χ1) is 11.3. The van der Waals surface area contributed by atoms with E-state index in [0.717, 1.165) is 6.07 Å². The highest BCUT2D eigenvalue weighted by molar-refractivity contribution is 5.55. The molecule has 0 saturated heterocycles. The monoisotopic (exact) mass is 339 g/mol. The Morgan fingerprint density at radius 2 is 1.96 bits per heavy atom. The summed E-state index contributed by atoms with van der Waals surface area (Å²) in [6.07, 6.45) is -3.25. The molecule has 0 saturated carbocycles. The first kappa shape index (κ1) is 15.9. The molecule has 0 aliphatic rings. The van der Waals surface area contributed by atoms with E-state index in [1.54, 1.807) is 18.3 Å². The van der Waals surface area contributed by atoms with Gasteiger partial charge in [-0.2, -0.15) is 18.2 Å². The van der Waals surface area contributed by atoms with Gasteiger partial charge in [-0.05, 0) is 23.8 Å². The SMILES string of the molecule is O=c1ccccn1Cc1ccc(-c2noc(C(F)(F)F)n2)c(F)c1. The lowest BCUT2D eigenvalue weighted by atomic mass is 10.1. The second kappa shape index (κ2) is 5.91. The molecule has 24 heavy (non-hydrogen) atoms. The smallest absolute Gasteiger partial charge is 0.329 e. The first-order valence-electron chi connectivity index (χ1n) is 6.70.